The van der Waals surface area contributed by atoms with Crippen LogP contribution in [0.4, 0.5) is 10.1 Å². The van der Waals surface area contributed by atoms with Gasteiger partial charge in [-0.1, -0.05) is 61.4 Å². The fourth-order valence-electron chi connectivity index (χ4n) is 4.34. The van der Waals surface area contributed by atoms with E-state index in [1.807, 2.05) is 58.9 Å². The Labute approximate surface area is 237 Å². The van der Waals surface area contributed by atoms with Crippen LogP contribution in [0.15, 0.2) is 77.7 Å². The Balaban J connectivity index is 2.05. The molecular formula is C31H38FN3O4S. The minimum Gasteiger partial charge on any atom is -0.352 e. The first-order valence-electron chi connectivity index (χ1n) is 13.5. The molecular weight excluding hydrogens is 529 g/mol. The maximum absolute atomic E-state index is 14.1. The van der Waals surface area contributed by atoms with E-state index in [2.05, 4.69) is 5.32 Å². The minimum absolute atomic E-state index is 0.0830. The van der Waals surface area contributed by atoms with Crippen molar-refractivity contribution < 1.29 is 22.4 Å². The summed E-state index contributed by atoms with van der Waals surface area (Å²) in [4.78, 5) is 28.7. The van der Waals surface area contributed by atoms with Crippen molar-refractivity contribution >= 4 is 27.5 Å². The van der Waals surface area contributed by atoms with Gasteiger partial charge in [0.1, 0.15) is 18.4 Å². The smallest absolute Gasteiger partial charge is 0.264 e. The molecule has 0 fully saturated rings. The number of sulfonamides is 1. The Hall–Kier alpha value is -3.72. The highest BCUT2D eigenvalue weighted by molar-refractivity contribution is 7.92. The highest BCUT2D eigenvalue weighted by Crippen LogP contribution is 2.25. The third-order valence-electron chi connectivity index (χ3n) is 6.82. The van der Waals surface area contributed by atoms with E-state index in [0.717, 1.165) is 39.5 Å². The lowest BCUT2D eigenvalue weighted by atomic mass is 10.1. The molecule has 214 valence electrons. The van der Waals surface area contributed by atoms with Crippen molar-refractivity contribution in [3.8, 4) is 0 Å². The molecule has 3 aromatic rings. The molecule has 0 saturated carbocycles. The SMILES string of the molecule is CC[C@H](C)NC(=O)[C@H](CC)N(Cc1cccc(C)c1)C(=O)CN(c1ccc(C)cc1)S(=O)(=O)c1ccc(F)cc1. The zero-order chi connectivity index (χ0) is 29.4. The van der Waals surface area contributed by atoms with Crippen LogP contribution in [-0.4, -0.2) is 43.8 Å². The molecule has 1 N–H and O–H groups in total. The van der Waals surface area contributed by atoms with Gasteiger partial charge in [0, 0.05) is 12.6 Å². The lowest BCUT2D eigenvalue weighted by molar-refractivity contribution is -0.140. The Morgan fingerprint density at radius 3 is 2.12 bits per heavy atom. The number of rotatable bonds is 12. The van der Waals surface area contributed by atoms with E-state index in [9.17, 15) is 22.4 Å². The predicted molar refractivity (Wildman–Crippen MR) is 156 cm³/mol. The summed E-state index contributed by atoms with van der Waals surface area (Å²) in [6.45, 7) is 9.08. The molecule has 0 heterocycles. The van der Waals surface area contributed by atoms with Crippen LogP contribution in [0.25, 0.3) is 0 Å². The molecule has 0 unspecified atom stereocenters. The summed E-state index contributed by atoms with van der Waals surface area (Å²) in [7, 11) is -4.25. The van der Waals surface area contributed by atoms with E-state index in [0.29, 0.717) is 6.42 Å². The molecule has 0 bridgehead atoms. The molecule has 0 radical (unpaired) electrons. The highest BCUT2D eigenvalue weighted by atomic mass is 32.2. The first-order valence-corrected chi connectivity index (χ1v) is 14.9. The summed E-state index contributed by atoms with van der Waals surface area (Å²) < 4.78 is 42.2. The summed E-state index contributed by atoms with van der Waals surface area (Å²) in [6.07, 6.45) is 1.07. The van der Waals surface area contributed by atoms with Gasteiger partial charge in [-0.25, -0.2) is 12.8 Å². The van der Waals surface area contributed by atoms with E-state index < -0.39 is 34.3 Å². The lowest BCUT2D eigenvalue weighted by Crippen LogP contribution is -2.53. The van der Waals surface area contributed by atoms with Gasteiger partial charge in [-0.3, -0.25) is 13.9 Å². The third-order valence-corrected chi connectivity index (χ3v) is 8.61. The maximum atomic E-state index is 14.1. The molecule has 3 rings (SSSR count). The number of hydrogen-bond acceptors (Lipinski definition) is 4. The monoisotopic (exact) mass is 567 g/mol. The van der Waals surface area contributed by atoms with Crippen LogP contribution < -0.4 is 9.62 Å². The van der Waals surface area contributed by atoms with Crippen molar-refractivity contribution in [2.45, 2.75) is 71.0 Å². The number of hydrogen-bond donors (Lipinski definition) is 1. The minimum atomic E-state index is -4.25. The molecule has 7 nitrogen and oxygen atoms in total. The lowest BCUT2D eigenvalue weighted by Gasteiger charge is -2.33. The molecule has 0 saturated heterocycles. The van der Waals surface area contributed by atoms with Gasteiger partial charge in [-0.2, -0.15) is 0 Å². The summed E-state index contributed by atoms with van der Waals surface area (Å²) in [5.41, 5.74) is 3.03. The normalized spacial score (nSPS) is 12.8. The number of amides is 2. The number of nitrogens with zero attached hydrogens (tertiary/aromatic N) is 2. The average Bonchev–Trinajstić information content (AvgIpc) is 2.92. The second-order valence-corrected chi connectivity index (χ2v) is 11.9. The predicted octanol–water partition coefficient (Wildman–Crippen LogP) is 5.36. The van der Waals surface area contributed by atoms with Crippen LogP contribution in [0.1, 0.15) is 50.3 Å². The Morgan fingerprint density at radius 2 is 1.55 bits per heavy atom. The van der Waals surface area contributed by atoms with E-state index in [1.165, 1.54) is 17.0 Å². The molecule has 0 aliphatic rings. The van der Waals surface area contributed by atoms with Crippen LogP contribution in [0.3, 0.4) is 0 Å². The quantitative estimate of drug-likeness (QED) is 0.319. The van der Waals surface area contributed by atoms with Crippen molar-refractivity contribution in [2.75, 3.05) is 10.8 Å². The van der Waals surface area contributed by atoms with Gasteiger partial charge in [0.25, 0.3) is 10.0 Å². The number of aryl methyl sites for hydroxylation is 2. The number of nitrogens with one attached hydrogen (secondary N) is 1. The van der Waals surface area contributed by atoms with Gasteiger partial charge in [0.05, 0.1) is 10.6 Å². The zero-order valence-corrected chi connectivity index (χ0v) is 24.5. The van der Waals surface area contributed by atoms with E-state index in [1.54, 1.807) is 24.3 Å². The number of halogens is 1. The van der Waals surface area contributed by atoms with Crippen molar-refractivity contribution in [3.63, 3.8) is 0 Å². The molecule has 2 atom stereocenters. The third kappa shape index (κ3) is 7.69. The van der Waals surface area contributed by atoms with Crippen LogP contribution >= 0.6 is 0 Å². The van der Waals surface area contributed by atoms with E-state index in [4.69, 9.17) is 0 Å². The molecule has 2 amide bonds. The number of benzene rings is 3. The topological polar surface area (TPSA) is 86.8 Å². The van der Waals surface area contributed by atoms with Crippen LogP contribution in [0.5, 0.6) is 0 Å². The van der Waals surface area contributed by atoms with Gasteiger partial charge >= 0.3 is 0 Å². The fraction of sp³-hybridized carbons (Fsp3) is 0.355. The standard InChI is InChI=1S/C31H38FN3O4S/c1-6-24(5)33-31(37)29(7-2)34(20-25-10-8-9-23(4)19-25)30(36)21-35(27-15-11-22(3)12-16-27)40(38,39)28-17-13-26(32)14-18-28/h8-19,24,29H,6-7,20-21H2,1-5H3,(H,33,37)/t24-,29-/m0/s1. The summed E-state index contributed by atoms with van der Waals surface area (Å²) in [5, 5.41) is 2.97. The van der Waals surface area contributed by atoms with Gasteiger partial charge in [0.2, 0.25) is 11.8 Å². The number of carbonyl (C=O) groups excluding carboxylic acids is 2. The molecule has 0 aliphatic carbocycles. The Morgan fingerprint density at radius 1 is 0.900 bits per heavy atom. The average molecular weight is 568 g/mol. The zero-order valence-electron chi connectivity index (χ0n) is 23.7. The first kappa shape index (κ1) is 30.8. The first-order chi connectivity index (χ1) is 19.0. The maximum Gasteiger partial charge on any atom is 0.264 e. The Kier molecular flexibility index (Phi) is 10.5. The summed E-state index contributed by atoms with van der Waals surface area (Å²) >= 11 is 0. The van der Waals surface area contributed by atoms with Gasteiger partial charge < -0.3 is 10.2 Å². The Bertz CT molecular complexity index is 1410. The van der Waals surface area contributed by atoms with E-state index in [-0.39, 0.29) is 29.1 Å². The van der Waals surface area contributed by atoms with Crippen LogP contribution in [0.2, 0.25) is 0 Å². The summed E-state index contributed by atoms with van der Waals surface area (Å²) in [5.74, 6) is -1.39. The second-order valence-electron chi connectivity index (χ2n) is 10.1. The molecule has 0 spiro atoms. The fourth-order valence-corrected chi connectivity index (χ4v) is 5.76. The summed E-state index contributed by atoms with van der Waals surface area (Å²) in [6, 6.07) is 18.0. The van der Waals surface area contributed by atoms with Crippen LogP contribution in [-0.2, 0) is 26.2 Å². The highest BCUT2D eigenvalue weighted by Gasteiger charge is 2.34. The van der Waals surface area contributed by atoms with Gasteiger partial charge in [-0.15, -0.1) is 0 Å². The second kappa shape index (κ2) is 13.6. The number of anilines is 1. The van der Waals surface area contributed by atoms with Gasteiger partial charge in [-0.05, 0) is 75.6 Å². The van der Waals surface area contributed by atoms with Crippen molar-refractivity contribution in [1.29, 1.82) is 0 Å². The molecule has 3 aromatic carbocycles. The molecule has 0 aliphatic heterocycles. The number of carbonyl (C=O) groups is 2. The van der Waals surface area contributed by atoms with Crippen molar-refractivity contribution in [3.05, 3.63) is 95.3 Å². The van der Waals surface area contributed by atoms with E-state index >= 15 is 0 Å². The largest absolute Gasteiger partial charge is 0.352 e. The molecule has 0 aromatic heterocycles. The van der Waals surface area contributed by atoms with Crippen LogP contribution in [0, 0.1) is 19.7 Å². The van der Waals surface area contributed by atoms with Gasteiger partial charge in [0.15, 0.2) is 0 Å². The van der Waals surface area contributed by atoms with Crippen molar-refractivity contribution in [1.82, 2.24) is 10.2 Å². The van der Waals surface area contributed by atoms with Crippen molar-refractivity contribution in [2.24, 2.45) is 0 Å². The molecule has 40 heavy (non-hydrogen) atoms. The molecule has 9 heteroatoms.